The molecule has 1 aliphatic rings. The van der Waals surface area contributed by atoms with Crippen molar-refractivity contribution in [3.05, 3.63) is 42.2 Å². The Bertz CT molecular complexity index is 544. The van der Waals surface area contributed by atoms with E-state index in [2.05, 4.69) is 46.5 Å². The third-order valence-corrected chi connectivity index (χ3v) is 3.78. The van der Waals surface area contributed by atoms with Gasteiger partial charge < -0.3 is 5.32 Å². The van der Waals surface area contributed by atoms with E-state index in [1.165, 1.54) is 24.8 Å². The molecule has 0 atom stereocenters. The number of aromatic nitrogens is 2. The summed E-state index contributed by atoms with van der Waals surface area (Å²) in [6.07, 6.45) is 7.64. The van der Waals surface area contributed by atoms with E-state index in [1.807, 2.05) is 6.20 Å². The standard InChI is InChI=1S/C16H19N3/c1-2-18-16-11-17-10-15(19-16)14-8-6-13(7-9-14)12-4-3-5-12/h6-12H,2-5H2,1H3,(H,18,19). The van der Waals surface area contributed by atoms with Crippen LogP contribution < -0.4 is 5.32 Å². The van der Waals surface area contributed by atoms with Gasteiger partial charge in [-0.25, -0.2) is 4.98 Å². The van der Waals surface area contributed by atoms with E-state index in [0.717, 1.165) is 29.5 Å². The monoisotopic (exact) mass is 253 g/mol. The van der Waals surface area contributed by atoms with Crippen molar-refractivity contribution in [1.29, 1.82) is 0 Å². The van der Waals surface area contributed by atoms with Crippen molar-refractivity contribution in [2.24, 2.45) is 0 Å². The number of anilines is 1. The lowest BCUT2D eigenvalue weighted by molar-refractivity contribution is 0.420. The molecule has 98 valence electrons. The van der Waals surface area contributed by atoms with Crippen LogP contribution in [-0.4, -0.2) is 16.5 Å². The molecule has 2 aromatic rings. The zero-order valence-electron chi connectivity index (χ0n) is 11.3. The van der Waals surface area contributed by atoms with Crippen LogP contribution in [0.1, 0.15) is 37.7 Å². The van der Waals surface area contributed by atoms with Gasteiger partial charge in [-0.15, -0.1) is 0 Å². The quantitative estimate of drug-likeness (QED) is 0.899. The molecule has 3 rings (SSSR count). The molecule has 0 amide bonds. The molecule has 19 heavy (non-hydrogen) atoms. The third kappa shape index (κ3) is 2.60. The number of nitrogens with one attached hydrogen (secondary N) is 1. The van der Waals surface area contributed by atoms with Gasteiger partial charge in [0.1, 0.15) is 5.82 Å². The fourth-order valence-corrected chi connectivity index (χ4v) is 2.44. The minimum atomic E-state index is 0.785. The van der Waals surface area contributed by atoms with Gasteiger partial charge in [-0.2, -0.15) is 0 Å². The van der Waals surface area contributed by atoms with E-state index in [4.69, 9.17) is 0 Å². The van der Waals surface area contributed by atoms with Crippen molar-refractivity contribution in [1.82, 2.24) is 9.97 Å². The van der Waals surface area contributed by atoms with E-state index in [0.29, 0.717) is 0 Å². The van der Waals surface area contributed by atoms with E-state index >= 15 is 0 Å². The Hall–Kier alpha value is -1.90. The molecule has 1 fully saturated rings. The molecule has 0 bridgehead atoms. The van der Waals surface area contributed by atoms with Crippen molar-refractivity contribution in [2.75, 3.05) is 11.9 Å². The van der Waals surface area contributed by atoms with Crippen LogP contribution >= 0.6 is 0 Å². The molecule has 3 heteroatoms. The van der Waals surface area contributed by atoms with Crippen molar-refractivity contribution in [3.63, 3.8) is 0 Å². The number of nitrogens with zero attached hydrogens (tertiary/aromatic N) is 2. The SMILES string of the molecule is CCNc1cncc(-c2ccc(C3CCC3)cc2)n1. The molecular formula is C16H19N3. The van der Waals surface area contributed by atoms with E-state index in [-0.39, 0.29) is 0 Å². The van der Waals surface area contributed by atoms with Crippen molar-refractivity contribution >= 4 is 5.82 Å². The van der Waals surface area contributed by atoms with Crippen LogP contribution in [0.15, 0.2) is 36.7 Å². The highest BCUT2D eigenvalue weighted by atomic mass is 15.0. The molecule has 0 aliphatic heterocycles. The molecule has 1 aromatic carbocycles. The Labute approximate surface area is 114 Å². The Kier molecular flexibility index (Phi) is 3.45. The van der Waals surface area contributed by atoms with Crippen LogP contribution in [0, 0.1) is 0 Å². The maximum absolute atomic E-state index is 4.57. The van der Waals surface area contributed by atoms with Gasteiger partial charge in [0.2, 0.25) is 0 Å². The van der Waals surface area contributed by atoms with E-state index in [1.54, 1.807) is 6.20 Å². The summed E-state index contributed by atoms with van der Waals surface area (Å²) >= 11 is 0. The first-order valence-electron chi connectivity index (χ1n) is 7.03. The van der Waals surface area contributed by atoms with E-state index in [9.17, 15) is 0 Å². The van der Waals surface area contributed by atoms with Crippen LogP contribution in [0.5, 0.6) is 0 Å². The molecule has 1 heterocycles. The van der Waals surface area contributed by atoms with Gasteiger partial charge >= 0.3 is 0 Å². The lowest BCUT2D eigenvalue weighted by atomic mass is 9.80. The zero-order chi connectivity index (χ0) is 13.1. The molecule has 0 radical (unpaired) electrons. The number of rotatable bonds is 4. The van der Waals surface area contributed by atoms with Gasteiger partial charge in [0.05, 0.1) is 18.1 Å². The minimum absolute atomic E-state index is 0.785. The van der Waals surface area contributed by atoms with Crippen molar-refractivity contribution < 1.29 is 0 Å². The van der Waals surface area contributed by atoms with Crippen LogP contribution in [0.3, 0.4) is 0 Å². The van der Waals surface area contributed by atoms with Crippen LogP contribution in [-0.2, 0) is 0 Å². The summed E-state index contributed by atoms with van der Waals surface area (Å²) in [5.74, 6) is 1.62. The highest BCUT2D eigenvalue weighted by Crippen LogP contribution is 2.36. The average molecular weight is 253 g/mol. The van der Waals surface area contributed by atoms with Crippen molar-refractivity contribution in [3.8, 4) is 11.3 Å². The summed E-state index contributed by atoms with van der Waals surface area (Å²) in [6, 6.07) is 8.79. The topological polar surface area (TPSA) is 37.8 Å². The van der Waals surface area contributed by atoms with Crippen LogP contribution in [0.4, 0.5) is 5.82 Å². The van der Waals surface area contributed by atoms with Gasteiger partial charge in [-0.3, -0.25) is 4.98 Å². The number of hydrogen-bond acceptors (Lipinski definition) is 3. The van der Waals surface area contributed by atoms with Crippen molar-refractivity contribution in [2.45, 2.75) is 32.1 Å². The summed E-state index contributed by atoms with van der Waals surface area (Å²) in [6.45, 7) is 2.92. The van der Waals surface area contributed by atoms with E-state index < -0.39 is 0 Å². The lowest BCUT2D eigenvalue weighted by Crippen LogP contribution is -2.08. The van der Waals surface area contributed by atoms with Crippen LogP contribution in [0.25, 0.3) is 11.3 Å². The molecule has 3 nitrogen and oxygen atoms in total. The predicted molar refractivity (Wildman–Crippen MR) is 78.2 cm³/mol. The molecular weight excluding hydrogens is 234 g/mol. The van der Waals surface area contributed by atoms with Gasteiger partial charge in [0.15, 0.2) is 0 Å². The highest BCUT2D eigenvalue weighted by Gasteiger charge is 2.19. The molecule has 0 spiro atoms. The molecule has 0 saturated heterocycles. The minimum Gasteiger partial charge on any atom is -0.369 e. The largest absolute Gasteiger partial charge is 0.369 e. The van der Waals surface area contributed by atoms with Gasteiger partial charge in [-0.05, 0) is 31.2 Å². The second-order valence-corrected chi connectivity index (χ2v) is 5.07. The molecule has 1 N–H and O–H groups in total. The van der Waals surface area contributed by atoms with Gasteiger partial charge in [0.25, 0.3) is 0 Å². The Morgan fingerprint density at radius 2 is 1.95 bits per heavy atom. The zero-order valence-corrected chi connectivity index (χ0v) is 11.3. The van der Waals surface area contributed by atoms with Gasteiger partial charge in [0, 0.05) is 12.1 Å². The fraction of sp³-hybridized carbons (Fsp3) is 0.375. The van der Waals surface area contributed by atoms with Crippen LogP contribution in [0.2, 0.25) is 0 Å². The molecule has 1 aliphatic carbocycles. The third-order valence-electron chi connectivity index (χ3n) is 3.78. The maximum atomic E-state index is 4.57. The Morgan fingerprint density at radius 1 is 1.16 bits per heavy atom. The predicted octanol–water partition coefficient (Wildman–Crippen LogP) is 3.84. The maximum Gasteiger partial charge on any atom is 0.145 e. The first-order chi connectivity index (χ1) is 9.36. The first kappa shape index (κ1) is 12.2. The fourth-order valence-electron chi connectivity index (χ4n) is 2.44. The first-order valence-corrected chi connectivity index (χ1v) is 7.03. The average Bonchev–Trinajstić information content (AvgIpc) is 2.38. The summed E-state index contributed by atoms with van der Waals surface area (Å²) < 4.78 is 0. The summed E-state index contributed by atoms with van der Waals surface area (Å²) in [5, 5.41) is 3.19. The molecule has 1 saturated carbocycles. The lowest BCUT2D eigenvalue weighted by Gasteiger charge is -2.25. The number of benzene rings is 1. The second kappa shape index (κ2) is 5.39. The molecule has 1 aromatic heterocycles. The summed E-state index contributed by atoms with van der Waals surface area (Å²) in [5.41, 5.74) is 3.53. The normalized spacial score (nSPS) is 15.0. The Balaban J connectivity index is 1.82. The summed E-state index contributed by atoms with van der Waals surface area (Å²) in [7, 11) is 0. The highest BCUT2D eigenvalue weighted by molar-refractivity contribution is 5.60. The van der Waals surface area contributed by atoms with Gasteiger partial charge in [-0.1, -0.05) is 30.7 Å². The molecule has 0 unspecified atom stereocenters. The number of hydrogen-bond donors (Lipinski definition) is 1. The smallest absolute Gasteiger partial charge is 0.145 e. The summed E-state index contributed by atoms with van der Waals surface area (Å²) in [4.78, 5) is 8.81. The Morgan fingerprint density at radius 3 is 2.58 bits per heavy atom. The second-order valence-electron chi connectivity index (χ2n) is 5.07.